The number of nitrogens with zero attached hydrogens (tertiary/aromatic N) is 3. The number of carbonyl (C=O) groups excluding carboxylic acids is 1. The summed E-state index contributed by atoms with van der Waals surface area (Å²) in [5, 5.41) is 0. The van der Waals surface area contributed by atoms with Crippen LogP contribution in [0.25, 0.3) is 22.5 Å². The van der Waals surface area contributed by atoms with Gasteiger partial charge in [0.2, 0.25) is 0 Å². The van der Waals surface area contributed by atoms with Gasteiger partial charge >= 0.3 is 0 Å². The smallest absolute Gasteiger partial charge is 0.254 e. The lowest BCUT2D eigenvalue weighted by Crippen LogP contribution is -2.40. The maximum absolute atomic E-state index is 12.7. The summed E-state index contributed by atoms with van der Waals surface area (Å²) in [4.78, 5) is 23.6. The van der Waals surface area contributed by atoms with E-state index in [0.29, 0.717) is 43.4 Å². The molecule has 2 N–H and O–H groups in total. The van der Waals surface area contributed by atoms with E-state index in [1.165, 1.54) is 5.56 Å². The molecule has 6 heteroatoms. The first-order chi connectivity index (χ1) is 14.8. The molecule has 1 aromatic heterocycles. The van der Waals surface area contributed by atoms with Crippen LogP contribution in [0.5, 0.6) is 0 Å². The second-order valence-electron chi connectivity index (χ2n) is 8.80. The van der Waals surface area contributed by atoms with Gasteiger partial charge in [-0.15, -0.1) is 0 Å². The Morgan fingerprint density at radius 2 is 1.58 bits per heavy atom. The Kier molecular flexibility index (Phi) is 5.74. The number of amides is 1. The summed E-state index contributed by atoms with van der Waals surface area (Å²) in [5.41, 5.74) is 11.3. The minimum atomic E-state index is 0.0154. The molecule has 1 aliphatic heterocycles. The fourth-order valence-electron chi connectivity index (χ4n) is 3.61. The molecule has 4 rings (SSSR count). The summed E-state index contributed by atoms with van der Waals surface area (Å²) in [6.45, 7) is 8.98. The minimum absolute atomic E-state index is 0.0154. The molecule has 0 aliphatic carbocycles. The van der Waals surface area contributed by atoms with Gasteiger partial charge in [-0.3, -0.25) is 4.79 Å². The number of ether oxygens (including phenoxy) is 1. The molecule has 0 saturated carbocycles. The van der Waals surface area contributed by atoms with Crippen molar-refractivity contribution >= 4 is 11.7 Å². The molecule has 2 aromatic carbocycles. The molecular weight excluding hydrogens is 388 g/mol. The summed E-state index contributed by atoms with van der Waals surface area (Å²) in [7, 11) is 0. The van der Waals surface area contributed by atoms with Crippen LogP contribution in [0.4, 0.5) is 5.82 Å². The summed E-state index contributed by atoms with van der Waals surface area (Å²) in [6.07, 6.45) is 1.70. The molecule has 160 valence electrons. The summed E-state index contributed by atoms with van der Waals surface area (Å²) in [5.74, 6) is 0.379. The Labute approximate surface area is 183 Å². The largest absolute Gasteiger partial charge is 0.382 e. The second-order valence-corrected chi connectivity index (χ2v) is 8.80. The molecule has 2 heterocycles. The van der Waals surface area contributed by atoms with Gasteiger partial charge in [-0.2, -0.15) is 0 Å². The van der Waals surface area contributed by atoms with E-state index in [9.17, 15) is 4.79 Å². The summed E-state index contributed by atoms with van der Waals surface area (Å²) < 4.78 is 5.32. The average molecular weight is 417 g/mol. The molecule has 0 spiro atoms. The fraction of sp³-hybridized carbons (Fsp3) is 0.320. The third kappa shape index (κ3) is 4.59. The van der Waals surface area contributed by atoms with Gasteiger partial charge in [0.1, 0.15) is 11.5 Å². The third-order valence-corrected chi connectivity index (χ3v) is 5.55. The van der Waals surface area contributed by atoms with E-state index in [-0.39, 0.29) is 11.3 Å². The van der Waals surface area contributed by atoms with Gasteiger partial charge in [0.05, 0.1) is 25.1 Å². The van der Waals surface area contributed by atoms with Crippen LogP contribution >= 0.6 is 0 Å². The Morgan fingerprint density at radius 3 is 2.19 bits per heavy atom. The predicted molar refractivity (Wildman–Crippen MR) is 123 cm³/mol. The van der Waals surface area contributed by atoms with Crippen molar-refractivity contribution < 1.29 is 9.53 Å². The zero-order valence-corrected chi connectivity index (χ0v) is 18.3. The first kappa shape index (κ1) is 21.0. The van der Waals surface area contributed by atoms with Crippen molar-refractivity contribution in [2.45, 2.75) is 26.2 Å². The number of morpholine rings is 1. The Hall–Kier alpha value is -3.25. The number of nitrogens with two attached hydrogens (primary N) is 1. The van der Waals surface area contributed by atoms with Crippen LogP contribution in [-0.4, -0.2) is 47.1 Å². The molecule has 0 unspecified atom stereocenters. The van der Waals surface area contributed by atoms with Crippen molar-refractivity contribution in [1.82, 2.24) is 14.9 Å². The third-order valence-electron chi connectivity index (χ3n) is 5.55. The monoisotopic (exact) mass is 416 g/mol. The highest BCUT2D eigenvalue weighted by molar-refractivity contribution is 5.95. The highest BCUT2D eigenvalue weighted by Crippen LogP contribution is 2.28. The van der Waals surface area contributed by atoms with Crippen molar-refractivity contribution in [3.63, 3.8) is 0 Å². The maximum Gasteiger partial charge on any atom is 0.254 e. The highest BCUT2D eigenvalue weighted by atomic mass is 16.5. The zero-order chi connectivity index (χ0) is 22.0. The number of nitrogen functional groups attached to an aromatic ring is 1. The summed E-state index contributed by atoms with van der Waals surface area (Å²) >= 11 is 0. The van der Waals surface area contributed by atoms with Crippen LogP contribution in [0.1, 0.15) is 36.7 Å². The van der Waals surface area contributed by atoms with E-state index in [1.807, 2.05) is 29.2 Å². The Balaban J connectivity index is 1.59. The molecule has 1 fully saturated rings. The molecule has 0 radical (unpaired) electrons. The van der Waals surface area contributed by atoms with Crippen molar-refractivity contribution in [3.8, 4) is 22.5 Å². The number of anilines is 1. The second kappa shape index (κ2) is 8.47. The van der Waals surface area contributed by atoms with Gasteiger partial charge in [-0.05, 0) is 23.1 Å². The number of carbonyl (C=O) groups is 1. The van der Waals surface area contributed by atoms with Crippen molar-refractivity contribution in [1.29, 1.82) is 0 Å². The first-order valence-electron chi connectivity index (χ1n) is 10.5. The molecule has 6 nitrogen and oxygen atoms in total. The van der Waals surface area contributed by atoms with Crippen LogP contribution in [0.2, 0.25) is 0 Å². The number of hydrogen-bond donors (Lipinski definition) is 1. The minimum Gasteiger partial charge on any atom is -0.382 e. The van der Waals surface area contributed by atoms with Crippen molar-refractivity contribution in [2.24, 2.45) is 0 Å². The molecule has 1 aliphatic rings. The number of benzene rings is 2. The van der Waals surface area contributed by atoms with Gasteiger partial charge in [0.25, 0.3) is 5.91 Å². The molecule has 1 saturated heterocycles. The first-order valence-corrected chi connectivity index (χ1v) is 10.5. The van der Waals surface area contributed by atoms with Crippen LogP contribution in [0.15, 0.2) is 54.7 Å². The lowest BCUT2D eigenvalue weighted by Gasteiger charge is -2.26. The van der Waals surface area contributed by atoms with Crippen molar-refractivity contribution in [2.75, 3.05) is 32.0 Å². The van der Waals surface area contributed by atoms with Gasteiger partial charge < -0.3 is 15.4 Å². The van der Waals surface area contributed by atoms with E-state index in [0.717, 1.165) is 16.8 Å². The summed E-state index contributed by atoms with van der Waals surface area (Å²) in [6, 6.07) is 15.8. The highest BCUT2D eigenvalue weighted by Gasteiger charge is 2.19. The van der Waals surface area contributed by atoms with E-state index >= 15 is 0 Å². The maximum atomic E-state index is 12.7. The SMILES string of the molecule is CC(C)(C)c1ccc(-c2cnc(N)c(-c3ccc(C(=O)N4CCOCC4)cc3)n2)cc1. The van der Waals surface area contributed by atoms with Crippen molar-refractivity contribution in [3.05, 3.63) is 65.9 Å². The lowest BCUT2D eigenvalue weighted by atomic mass is 9.86. The van der Waals surface area contributed by atoms with E-state index in [1.54, 1.807) is 6.20 Å². The normalized spacial score (nSPS) is 14.5. The van der Waals surface area contributed by atoms with E-state index < -0.39 is 0 Å². The lowest BCUT2D eigenvalue weighted by molar-refractivity contribution is 0.0303. The van der Waals surface area contributed by atoms with E-state index in [4.69, 9.17) is 15.5 Å². The van der Waals surface area contributed by atoms with Crippen LogP contribution in [0, 0.1) is 0 Å². The Morgan fingerprint density at radius 1 is 0.968 bits per heavy atom. The van der Waals surface area contributed by atoms with E-state index in [2.05, 4.69) is 50.0 Å². The molecule has 3 aromatic rings. The van der Waals surface area contributed by atoms with Gasteiger partial charge in [-0.25, -0.2) is 9.97 Å². The van der Waals surface area contributed by atoms with Gasteiger partial charge in [-0.1, -0.05) is 57.2 Å². The van der Waals surface area contributed by atoms with Gasteiger partial charge in [0.15, 0.2) is 0 Å². The quantitative estimate of drug-likeness (QED) is 0.693. The van der Waals surface area contributed by atoms with Gasteiger partial charge in [0, 0.05) is 29.8 Å². The van der Waals surface area contributed by atoms with Crippen LogP contribution in [-0.2, 0) is 10.2 Å². The number of hydrogen-bond acceptors (Lipinski definition) is 5. The molecule has 0 atom stereocenters. The Bertz CT molecular complexity index is 1060. The molecule has 1 amide bonds. The zero-order valence-electron chi connectivity index (χ0n) is 18.3. The predicted octanol–water partition coefficient (Wildman–Crippen LogP) is 4.16. The molecule has 31 heavy (non-hydrogen) atoms. The standard InChI is InChI=1S/C25H28N4O2/c1-25(2,3)20-10-8-17(9-11-20)21-16-27-23(26)22(28-21)18-4-6-19(7-5-18)24(30)29-12-14-31-15-13-29/h4-11,16H,12-15H2,1-3H3,(H2,26,27). The number of rotatable bonds is 3. The molecule has 0 bridgehead atoms. The number of aromatic nitrogens is 2. The topological polar surface area (TPSA) is 81.3 Å². The average Bonchev–Trinajstić information content (AvgIpc) is 2.79. The fourth-order valence-corrected chi connectivity index (χ4v) is 3.61. The van der Waals surface area contributed by atoms with Crippen LogP contribution < -0.4 is 5.73 Å². The van der Waals surface area contributed by atoms with Crippen LogP contribution in [0.3, 0.4) is 0 Å². The molecular formula is C25H28N4O2.